The zero-order valence-electron chi connectivity index (χ0n) is 43.7. The van der Waals surface area contributed by atoms with Crippen molar-refractivity contribution in [2.75, 3.05) is 6.61 Å². The van der Waals surface area contributed by atoms with E-state index in [0.29, 0.717) is 17.8 Å². The first kappa shape index (κ1) is 55.7. The van der Waals surface area contributed by atoms with Crippen molar-refractivity contribution in [2.45, 2.75) is 290 Å². The van der Waals surface area contributed by atoms with Crippen molar-refractivity contribution in [3.05, 3.63) is 23.8 Å². The fraction of sp³-hybridized carbons (Fsp3) is 0.915. The molecule has 7 heteroatoms. The molecule has 1 aliphatic heterocycles. The predicted octanol–water partition coefficient (Wildman–Crippen LogP) is 14.9. The Kier molecular flexibility index (Phi) is 24.6. The number of fused-ring (bicyclic) bond motifs is 5. The van der Waals surface area contributed by atoms with Gasteiger partial charge in [0.2, 0.25) is 0 Å². The van der Waals surface area contributed by atoms with Crippen molar-refractivity contribution in [3.63, 3.8) is 0 Å². The van der Waals surface area contributed by atoms with Crippen molar-refractivity contribution < 1.29 is 34.3 Å². The SMILES string of the molecule is CCCCCCCCCC/C=C\CCCCCCCCCCCCCC(=O)OCC1OC(OC2CCC3(C)C(=CCC4C3CCC3(C)C(C(C)CCCC(C)C)CCC43)C2)C(O)C(O)C1O. The quantitative estimate of drug-likeness (QED) is 0.0351. The zero-order valence-corrected chi connectivity index (χ0v) is 43.7. The van der Waals surface area contributed by atoms with Crippen molar-refractivity contribution in [1.82, 2.24) is 0 Å². The molecule has 4 fully saturated rings. The molecule has 3 N–H and O–H groups in total. The van der Waals surface area contributed by atoms with Gasteiger partial charge in [0.1, 0.15) is 31.0 Å². The summed E-state index contributed by atoms with van der Waals surface area (Å²) in [7, 11) is 0. The maximum Gasteiger partial charge on any atom is 0.305 e. The van der Waals surface area contributed by atoms with E-state index in [0.717, 1.165) is 74.5 Å². The molecule has 4 aliphatic carbocycles. The number of aliphatic hydroxyl groups excluding tert-OH is 3. The van der Waals surface area contributed by atoms with E-state index in [2.05, 4.69) is 59.8 Å². The van der Waals surface area contributed by atoms with E-state index in [1.807, 2.05) is 0 Å². The molecule has 1 saturated heterocycles. The van der Waals surface area contributed by atoms with E-state index in [9.17, 15) is 20.1 Å². The third-order valence-electron chi connectivity index (χ3n) is 18.3. The Labute approximate surface area is 405 Å². The summed E-state index contributed by atoms with van der Waals surface area (Å²) >= 11 is 0. The van der Waals surface area contributed by atoms with Gasteiger partial charge in [0.25, 0.3) is 0 Å². The molecule has 0 bridgehead atoms. The second-order valence-electron chi connectivity index (χ2n) is 23.7. The summed E-state index contributed by atoms with van der Waals surface area (Å²) in [4.78, 5) is 12.7. The molecule has 0 spiro atoms. The van der Waals surface area contributed by atoms with E-state index in [1.165, 1.54) is 166 Å². The minimum atomic E-state index is -1.44. The van der Waals surface area contributed by atoms with Crippen LogP contribution in [0.3, 0.4) is 0 Å². The highest BCUT2D eigenvalue weighted by atomic mass is 16.7. The lowest BCUT2D eigenvalue weighted by Gasteiger charge is -2.58. The molecule has 13 unspecified atom stereocenters. The van der Waals surface area contributed by atoms with Crippen LogP contribution in [0.25, 0.3) is 0 Å². The van der Waals surface area contributed by atoms with E-state index in [1.54, 1.807) is 0 Å². The summed E-state index contributed by atoms with van der Waals surface area (Å²) in [5.74, 6) is 4.44. The summed E-state index contributed by atoms with van der Waals surface area (Å²) in [5, 5.41) is 32.6. The summed E-state index contributed by atoms with van der Waals surface area (Å²) in [5.41, 5.74) is 2.14. The van der Waals surface area contributed by atoms with Crippen LogP contribution in [0.5, 0.6) is 0 Å². The average Bonchev–Trinajstić information content (AvgIpc) is 3.66. The van der Waals surface area contributed by atoms with Gasteiger partial charge in [-0.05, 0) is 130 Å². The monoisotopic (exact) mass is 925 g/mol. The Morgan fingerprint density at radius 3 is 1.94 bits per heavy atom. The summed E-state index contributed by atoms with van der Waals surface area (Å²) in [6.45, 7) is 14.6. The van der Waals surface area contributed by atoms with Gasteiger partial charge in [-0.3, -0.25) is 4.79 Å². The van der Waals surface area contributed by atoms with E-state index in [-0.39, 0.29) is 24.1 Å². The van der Waals surface area contributed by atoms with E-state index >= 15 is 0 Å². The second kappa shape index (κ2) is 29.2. The standard InChI is InChI=1S/C59H104O7/c1-7-8-9-10-11-12-13-14-15-16-17-18-19-20-21-22-23-24-25-26-27-28-29-33-53(60)64-43-52-54(61)55(62)56(63)57(66-52)65-47-38-40-58(5)46(42-47)34-35-48-50-37-36-49(45(4)32-30-31-44(2)3)59(50,6)41-39-51(48)58/h16-17,34,44-45,47-52,54-57,61-63H,7-15,18-33,35-43H2,1-6H3/b17-16-. The zero-order chi connectivity index (χ0) is 47.4. The van der Waals surface area contributed by atoms with Crippen LogP contribution >= 0.6 is 0 Å². The maximum atomic E-state index is 12.7. The van der Waals surface area contributed by atoms with Crippen molar-refractivity contribution >= 4 is 5.97 Å². The summed E-state index contributed by atoms with van der Waals surface area (Å²) in [6.07, 6.45) is 41.8. The van der Waals surface area contributed by atoms with Crippen LogP contribution in [0, 0.1) is 46.3 Å². The molecule has 13 atom stereocenters. The Morgan fingerprint density at radius 2 is 1.32 bits per heavy atom. The van der Waals surface area contributed by atoms with Crippen LogP contribution < -0.4 is 0 Å². The van der Waals surface area contributed by atoms with Crippen LogP contribution in [-0.4, -0.2) is 64.7 Å². The number of carbonyl (C=O) groups excluding carboxylic acids is 1. The minimum absolute atomic E-state index is 0.140. The molecule has 0 amide bonds. The lowest BCUT2D eigenvalue weighted by molar-refractivity contribution is -0.313. The smallest absolute Gasteiger partial charge is 0.305 e. The number of esters is 1. The number of allylic oxidation sites excluding steroid dienone is 3. The van der Waals surface area contributed by atoms with Gasteiger partial charge >= 0.3 is 5.97 Å². The predicted molar refractivity (Wildman–Crippen MR) is 272 cm³/mol. The molecular weight excluding hydrogens is 821 g/mol. The fourth-order valence-electron chi connectivity index (χ4n) is 14.1. The lowest BCUT2D eigenvalue weighted by atomic mass is 9.47. The average molecular weight is 925 g/mol. The van der Waals surface area contributed by atoms with E-state index in [4.69, 9.17) is 14.2 Å². The number of unbranched alkanes of at least 4 members (excludes halogenated alkanes) is 19. The number of rotatable bonds is 32. The van der Waals surface area contributed by atoms with Gasteiger partial charge in [-0.15, -0.1) is 0 Å². The highest BCUT2D eigenvalue weighted by molar-refractivity contribution is 5.69. The molecule has 0 aromatic carbocycles. The molecule has 7 nitrogen and oxygen atoms in total. The fourth-order valence-corrected chi connectivity index (χ4v) is 14.1. The van der Waals surface area contributed by atoms with Gasteiger partial charge in [0.15, 0.2) is 6.29 Å². The minimum Gasteiger partial charge on any atom is -0.463 e. The number of aliphatic hydroxyl groups is 3. The molecule has 382 valence electrons. The topological polar surface area (TPSA) is 105 Å². The van der Waals surface area contributed by atoms with Gasteiger partial charge in [-0.1, -0.05) is 187 Å². The molecule has 5 rings (SSSR count). The van der Waals surface area contributed by atoms with Crippen molar-refractivity contribution in [3.8, 4) is 0 Å². The van der Waals surface area contributed by atoms with Gasteiger partial charge in [0, 0.05) is 6.42 Å². The molecule has 66 heavy (non-hydrogen) atoms. The Bertz CT molecular complexity index is 1410. The third-order valence-corrected chi connectivity index (χ3v) is 18.3. The van der Waals surface area contributed by atoms with E-state index < -0.39 is 30.7 Å². The number of ether oxygens (including phenoxy) is 3. The van der Waals surface area contributed by atoms with Gasteiger partial charge in [-0.25, -0.2) is 0 Å². The molecule has 0 aromatic rings. The van der Waals surface area contributed by atoms with Gasteiger partial charge < -0.3 is 29.5 Å². The summed E-state index contributed by atoms with van der Waals surface area (Å²) in [6, 6.07) is 0. The molecule has 0 radical (unpaired) electrons. The highest BCUT2D eigenvalue weighted by Crippen LogP contribution is 2.67. The highest BCUT2D eigenvalue weighted by Gasteiger charge is 2.59. The first-order chi connectivity index (χ1) is 31.9. The van der Waals surface area contributed by atoms with Crippen LogP contribution in [0.15, 0.2) is 23.8 Å². The molecule has 3 saturated carbocycles. The normalized spacial score (nSPS) is 33.7. The Hall–Kier alpha value is -1.25. The second-order valence-corrected chi connectivity index (χ2v) is 23.7. The number of hydrogen-bond donors (Lipinski definition) is 3. The molecule has 1 heterocycles. The maximum absolute atomic E-state index is 12.7. The first-order valence-electron chi connectivity index (χ1n) is 28.7. The first-order valence-corrected chi connectivity index (χ1v) is 28.7. The number of carbonyl (C=O) groups is 1. The molecule has 0 aromatic heterocycles. The molecule has 5 aliphatic rings. The van der Waals surface area contributed by atoms with Crippen molar-refractivity contribution in [2.24, 2.45) is 46.3 Å². The Morgan fingerprint density at radius 1 is 0.712 bits per heavy atom. The largest absolute Gasteiger partial charge is 0.463 e. The van der Waals surface area contributed by atoms with Gasteiger partial charge in [0.05, 0.1) is 6.10 Å². The van der Waals surface area contributed by atoms with Crippen LogP contribution in [-0.2, 0) is 19.0 Å². The number of hydrogen-bond acceptors (Lipinski definition) is 7. The van der Waals surface area contributed by atoms with Crippen LogP contribution in [0.2, 0.25) is 0 Å². The van der Waals surface area contributed by atoms with Crippen molar-refractivity contribution in [1.29, 1.82) is 0 Å². The van der Waals surface area contributed by atoms with Crippen LogP contribution in [0.4, 0.5) is 0 Å². The third kappa shape index (κ3) is 16.4. The summed E-state index contributed by atoms with van der Waals surface area (Å²) < 4.78 is 18.1. The Balaban J connectivity index is 0.908. The van der Waals surface area contributed by atoms with Gasteiger partial charge in [-0.2, -0.15) is 0 Å². The van der Waals surface area contributed by atoms with Crippen LogP contribution in [0.1, 0.15) is 253 Å². The molecular formula is C59H104O7. The lowest BCUT2D eigenvalue weighted by Crippen LogP contribution is -2.60.